The van der Waals surface area contributed by atoms with Gasteiger partial charge in [-0.3, -0.25) is 10.2 Å². The van der Waals surface area contributed by atoms with Crippen molar-refractivity contribution >= 4 is 15.9 Å². The predicted octanol–water partition coefficient (Wildman–Crippen LogP) is 1.02. The second-order valence-corrected chi connectivity index (χ2v) is 8.75. The third-order valence-corrected chi connectivity index (χ3v) is 6.58. The summed E-state index contributed by atoms with van der Waals surface area (Å²) in [5.41, 5.74) is 7.77. The Balaban J connectivity index is 1.73. The zero-order valence-electron chi connectivity index (χ0n) is 15.3. The Morgan fingerprint density at radius 1 is 1.11 bits per heavy atom. The first-order valence-electron chi connectivity index (χ1n) is 8.72. The van der Waals surface area contributed by atoms with Crippen LogP contribution in [0.25, 0.3) is 0 Å². The molecule has 7 nitrogen and oxygen atoms in total. The molecule has 1 aliphatic heterocycles. The lowest BCUT2D eigenvalue weighted by Gasteiger charge is -2.19. The Kier molecular flexibility index (Phi) is 5.91. The second-order valence-electron chi connectivity index (χ2n) is 6.63. The molecule has 1 amide bonds. The van der Waals surface area contributed by atoms with E-state index in [1.807, 2.05) is 30.3 Å². The number of sulfonamides is 1. The van der Waals surface area contributed by atoms with Gasteiger partial charge >= 0.3 is 0 Å². The number of nitrogens with one attached hydrogen (secondary N) is 3. The summed E-state index contributed by atoms with van der Waals surface area (Å²) in [7, 11) is -0.589. The largest absolute Gasteiger partial charge is 0.352 e. The summed E-state index contributed by atoms with van der Waals surface area (Å²) in [6.45, 7) is 0.656. The molecule has 27 heavy (non-hydrogen) atoms. The van der Waals surface area contributed by atoms with Crippen molar-refractivity contribution < 1.29 is 13.2 Å². The molecule has 1 saturated heterocycles. The van der Waals surface area contributed by atoms with Crippen molar-refractivity contribution in [2.45, 2.75) is 17.5 Å². The molecule has 1 heterocycles. The van der Waals surface area contributed by atoms with Gasteiger partial charge in [0, 0.05) is 27.2 Å². The first-order chi connectivity index (χ1) is 12.9. The summed E-state index contributed by atoms with van der Waals surface area (Å²) in [4.78, 5) is 13.0. The number of nitrogens with zero attached hydrogens (tertiary/aromatic N) is 1. The Hall–Kier alpha value is -2.26. The van der Waals surface area contributed by atoms with Gasteiger partial charge < -0.3 is 5.32 Å². The minimum absolute atomic E-state index is 0.126. The maximum Gasteiger partial charge on any atom is 0.242 e. The van der Waals surface area contributed by atoms with Crippen molar-refractivity contribution in [3.8, 4) is 0 Å². The average molecular weight is 388 g/mol. The molecule has 2 aromatic carbocycles. The van der Waals surface area contributed by atoms with Crippen LogP contribution in [0.2, 0.25) is 0 Å². The zero-order chi connectivity index (χ0) is 19.4. The summed E-state index contributed by atoms with van der Waals surface area (Å²) in [6, 6.07) is 16.3. The maximum absolute atomic E-state index is 12.7. The predicted molar refractivity (Wildman–Crippen MR) is 103 cm³/mol. The number of hydrogen-bond acceptors (Lipinski definition) is 5. The lowest BCUT2D eigenvalue weighted by molar-refractivity contribution is -0.125. The van der Waals surface area contributed by atoms with E-state index in [1.54, 1.807) is 24.3 Å². The van der Waals surface area contributed by atoms with E-state index in [2.05, 4.69) is 16.2 Å². The van der Waals surface area contributed by atoms with E-state index in [9.17, 15) is 13.2 Å². The van der Waals surface area contributed by atoms with Gasteiger partial charge in [-0.15, -0.1) is 0 Å². The Morgan fingerprint density at radius 2 is 1.78 bits per heavy atom. The van der Waals surface area contributed by atoms with Crippen LogP contribution < -0.4 is 16.2 Å². The monoisotopic (exact) mass is 388 g/mol. The number of hydrazine groups is 1. The van der Waals surface area contributed by atoms with Gasteiger partial charge in [0.25, 0.3) is 0 Å². The van der Waals surface area contributed by atoms with E-state index in [1.165, 1.54) is 18.4 Å². The molecular weight excluding hydrogens is 364 g/mol. The highest BCUT2D eigenvalue weighted by Gasteiger charge is 2.33. The molecule has 0 aliphatic carbocycles. The van der Waals surface area contributed by atoms with Crippen LogP contribution in [-0.2, 0) is 21.4 Å². The number of amides is 1. The van der Waals surface area contributed by atoms with Gasteiger partial charge in [-0.25, -0.2) is 18.1 Å². The molecule has 3 N–H and O–H groups in total. The highest BCUT2D eigenvalue weighted by Crippen LogP contribution is 2.25. The number of hydrogen-bond donors (Lipinski definition) is 3. The Labute approximate surface area is 159 Å². The summed E-state index contributed by atoms with van der Waals surface area (Å²) < 4.78 is 26.1. The maximum atomic E-state index is 12.7. The summed E-state index contributed by atoms with van der Waals surface area (Å²) in [5, 5.41) is 2.89. The van der Waals surface area contributed by atoms with Crippen LogP contribution in [-0.4, -0.2) is 39.3 Å². The quantitative estimate of drug-likeness (QED) is 0.687. The van der Waals surface area contributed by atoms with Crippen LogP contribution in [0.5, 0.6) is 0 Å². The van der Waals surface area contributed by atoms with Gasteiger partial charge in [0.1, 0.15) is 0 Å². The van der Waals surface area contributed by atoms with E-state index >= 15 is 0 Å². The van der Waals surface area contributed by atoms with Crippen LogP contribution >= 0.6 is 0 Å². The fourth-order valence-corrected chi connectivity index (χ4v) is 4.24. The molecule has 0 spiro atoms. The fourth-order valence-electron chi connectivity index (χ4n) is 3.13. The van der Waals surface area contributed by atoms with Crippen LogP contribution in [0.3, 0.4) is 0 Å². The third kappa shape index (κ3) is 4.19. The standard InChI is InChI=1S/C19H24N4O3S/c1-23(2)27(25,26)17-11-7-6-10-15(17)12-20-19(24)16-13-21-22-18(16)14-8-4-3-5-9-14/h3-11,16,18,21-22H,12-13H2,1-2H3,(H,20,24). The minimum atomic E-state index is -3.57. The minimum Gasteiger partial charge on any atom is -0.352 e. The lowest BCUT2D eigenvalue weighted by atomic mass is 9.94. The fraction of sp³-hybridized carbons (Fsp3) is 0.316. The molecule has 144 valence electrons. The highest BCUT2D eigenvalue weighted by atomic mass is 32.2. The molecule has 8 heteroatoms. The van der Waals surface area contributed by atoms with E-state index in [-0.39, 0.29) is 29.3 Å². The third-order valence-electron chi connectivity index (χ3n) is 4.66. The van der Waals surface area contributed by atoms with Crippen LogP contribution in [0.4, 0.5) is 0 Å². The molecule has 1 aliphatic rings. The van der Waals surface area contributed by atoms with E-state index in [0.29, 0.717) is 12.1 Å². The average Bonchev–Trinajstić information content (AvgIpc) is 3.17. The normalized spacial score (nSPS) is 20.0. The van der Waals surface area contributed by atoms with Crippen LogP contribution in [0, 0.1) is 5.92 Å². The van der Waals surface area contributed by atoms with Crippen molar-refractivity contribution in [1.29, 1.82) is 0 Å². The molecule has 0 bridgehead atoms. The molecule has 0 saturated carbocycles. The smallest absolute Gasteiger partial charge is 0.242 e. The van der Waals surface area contributed by atoms with Gasteiger partial charge in [0.15, 0.2) is 0 Å². The van der Waals surface area contributed by atoms with E-state index in [4.69, 9.17) is 0 Å². The van der Waals surface area contributed by atoms with Crippen LogP contribution in [0.15, 0.2) is 59.5 Å². The number of rotatable bonds is 6. The molecule has 2 atom stereocenters. The topological polar surface area (TPSA) is 90.5 Å². The zero-order valence-corrected chi connectivity index (χ0v) is 16.2. The van der Waals surface area contributed by atoms with E-state index in [0.717, 1.165) is 5.56 Å². The summed E-state index contributed by atoms with van der Waals surface area (Å²) >= 11 is 0. The molecule has 2 unspecified atom stereocenters. The Bertz CT molecular complexity index is 900. The number of benzene rings is 2. The molecular formula is C19H24N4O3S. The SMILES string of the molecule is CN(C)S(=O)(=O)c1ccccc1CNC(=O)C1CNNC1c1ccccc1. The van der Waals surface area contributed by atoms with Gasteiger partial charge in [-0.1, -0.05) is 48.5 Å². The van der Waals surface area contributed by atoms with Crippen molar-refractivity contribution in [2.24, 2.45) is 5.92 Å². The molecule has 3 rings (SSSR count). The molecule has 2 aromatic rings. The second kappa shape index (κ2) is 8.18. The van der Waals surface area contributed by atoms with Crippen molar-refractivity contribution in [3.63, 3.8) is 0 Å². The molecule has 0 aromatic heterocycles. The first-order valence-corrected chi connectivity index (χ1v) is 10.2. The molecule has 0 radical (unpaired) electrons. The summed E-state index contributed by atoms with van der Waals surface area (Å²) in [5.74, 6) is -0.413. The summed E-state index contributed by atoms with van der Waals surface area (Å²) in [6.07, 6.45) is 0. The highest BCUT2D eigenvalue weighted by molar-refractivity contribution is 7.89. The van der Waals surface area contributed by atoms with Crippen molar-refractivity contribution in [3.05, 3.63) is 65.7 Å². The van der Waals surface area contributed by atoms with Crippen LogP contribution in [0.1, 0.15) is 17.2 Å². The molecule has 1 fully saturated rings. The van der Waals surface area contributed by atoms with Crippen molar-refractivity contribution in [2.75, 3.05) is 20.6 Å². The van der Waals surface area contributed by atoms with E-state index < -0.39 is 10.0 Å². The lowest BCUT2D eigenvalue weighted by Crippen LogP contribution is -2.35. The van der Waals surface area contributed by atoms with Gasteiger partial charge in [0.2, 0.25) is 15.9 Å². The number of carbonyl (C=O) groups is 1. The first kappa shape index (κ1) is 19.5. The number of carbonyl (C=O) groups excluding carboxylic acids is 1. The van der Waals surface area contributed by atoms with Gasteiger partial charge in [-0.05, 0) is 17.2 Å². The Morgan fingerprint density at radius 3 is 2.48 bits per heavy atom. The van der Waals surface area contributed by atoms with Gasteiger partial charge in [-0.2, -0.15) is 0 Å². The van der Waals surface area contributed by atoms with Gasteiger partial charge in [0.05, 0.1) is 16.9 Å². The van der Waals surface area contributed by atoms with Crippen molar-refractivity contribution in [1.82, 2.24) is 20.5 Å².